The van der Waals surface area contributed by atoms with Gasteiger partial charge in [0.05, 0.1) is 6.10 Å². The van der Waals surface area contributed by atoms with Gasteiger partial charge >= 0.3 is 6.01 Å². The van der Waals surface area contributed by atoms with Crippen LogP contribution in [0.4, 0.5) is 5.95 Å². The Morgan fingerprint density at radius 1 is 1.10 bits per heavy atom. The van der Waals surface area contributed by atoms with Gasteiger partial charge in [0.15, 0.2) is 0 Å². The number of rotatable bonds is 5. The molecule has 0 bridgehead atoms. The summed E-state index contributed by atoms with van der Waals surface area (Å²) < 4.78 is 5.55. The maximum Gasteiger partial charge on any atom is 0.322 e. The first kappa shape index (κ1) is 15.5. The van der Waals surface area contributed by atoms with E-state index in [4.69, 9.17) is 4.74 Å². The second kappa shape index (κ2) is 6.71. The summed E-state index contributed by atoms with van der Waals surface area (Å²) in [5.41, 5.74) is 2.13. The van der Waals surface area contributed by atoms with Gasteiger partial charge in [0, 0.05) is 12.7 Å². The Morgan fingerprint density at radius 3 is 2.48 bits per heavy atom. The van der Waals surface area contributed by atoms with E-state index in [9.17, 15) is 0 Å². The van der Waals surface area contributed by atoms with E-state index in [1.54, 1.807) is 7.05 Å². The van der Waals surface area contributed by atoms with Gasteiger partial charge in [-0.3, -0.25) is 0 Å². The molecule has 0 unspecified atom stereocenters. The van der Waals surface area contributed by atoms with Crippen LogP contribution in [0.5, 0.6) is 6.01 Å². The van der Waals surface area contributed by atoms with Crippen molar-refractivity contribution < 1.29 is 4.74 Å². The van der Waals surface area contributed by atoms with Crippen LogP contribution in [-0.4, -0.2) is 33.1 Å². The van der Waals surface area contributed by atoms with E-state index in [-0.39, 0.29) is 6.10 Å². The molecule has 0 aromatic carbocycles. The molecule has 0 aliphatic carbocycles. The first-order valence-corrected chi connectivity index (χ1v) is 7.51. The van der Waals surface area contributed by atoms with Crippen LogP contribution in [0.3, 0.4) is 0 Å². The molecule has 2 heterocycles. The molecule has 0 saturated heterocycles. The molecule has 112 valence electrons. The van der Waals surface area contributed by atoms with Crippen LogP contribution in [0.15, 0.2) is 22.3 Å². The van der Waals surface area contributed by atoms with E-state index in [0.29, 0.717) is 17.1 Å². The molecule has 2 aromatic rings. The van der Waals surface area contributed by atoms with Crippen LogP contribution in [0.1, 0.15) is 25.1 Å². The Hall–Kier alpha value is -1.89. The summed E-state index contributed by atoms with van der Waals surface area (Å²) in [6, 6.07) is 4.35. The smallest absolute Gasteiger partial charge is 0.322 e. The number of nitrogens with one attached hydrogen (secondary N) is 1. The van der Waals surface area contributed by atoms with Crippen molar-refractivity contribution in [2.24, 2.45) is 0 Å². The van der Waals surface area contributed by atoms with E-state index in [1.807, 2.05) is 39.8 Å². The molecule has 0 atom stereocenters. The number of aromatic nitrogens is 4. The molecule has 2 aromatic heterocycles. The van der Waals surface area contributed by atoms with Crippen molar-refractivity contribution >= 4 is 17.7 Å². The Morgan fingerprint density at radius 2 is 1.86 bits per heavy atom. The van der Waals surface area contributed by atoms with Crippen LogP contribution in [0, 0.1) is 13.8 Å². The number of nitrogens with zero attached hydrogens (tertiary/aromatic N) is 4. The fourth-order valence-electron chi connectivity index (χ4n) is 1.71. The van der Waals surface area contributed by atoms with E-state index >= 15 is 0 Å². The number of hydrogen-bond donors (Lipinski definition) is 1. The van der Waals surface area contributed by atoms with E-state index < -0.39 is 0 Å². The highest BCUT2D eigenvalue weighted by Crippen LogP contribution is 2.26. The SMILES string of the molecule is CNc1nc(OC(C)C)nc(Sc2cc(C)cc(C)n2)n1. The molecule has 0 saturated carbocycles. The second-order valence-corrected chi connectivity index (χ2v) is 5.85. The lowest BCUT2D eigenvalue weighted by Crippen LogP contribution is -2.11. The highest BCUT2D eigenvalue weighted by molar-refractivity contribution is 7.99. The normalized spacial score (nSPS) is 10.8. The molecule has 0 spiro atoms. The largest absolute Gasteiger partial charge is 0.461 e. The van der Waals surface area contributed by atoms with Crippen molar-refractivity contribution in [3.8, 4) is 6.01 Å². The molecule has 2 rings (SSSR count). The monoisotopic (exact) mass is 305 g/mol. The minimum atomic E-state index is 0.00861. The molecular formula is C14H19N5OS. The number of ether oxygens (including phenoxy) is 1. The molecule has 0 fully saturated rings. The zero-order valence-corrected chi connectivity index (χ0v) is 13.7. The van der Waals surface area contributed by atoms with Crippen LogP contribution in [0.25, 0.3) is 0 Å². The lowest BCUT2D eigenvalue weighted by molar-refractivity contribution is 0.219. The van der Waals surface area contributed by atoms with Gasteiger partial charge in [-0.2, -0.15) is 15.0 Å². The van der Waals surface area contributed by atoms with Crippen molar-refractivity contribution in [1.29, 1.82) is 0 Å². The minimum Gasteiger partial charge on any atom is -0.461 e. The Labute approximate surface area is 128 Å². The number of anilines is 1. The zero-order valence-electron chi connectivity index (χ0n) is 12.8. The molecule has 0 radical (unpaired) electrons. The molecule has 0 aliphatic heterocycles. The fraction of sp³-hybridized carbons (Fsp3) is 0.429. The van der Waals surface area contributed by atoms with E-state index in [0.717, 1.165) is 16.3 Å². The van der Waals surface area contributed by atoms with E-state index in [2.05, 4.69) is 25.3 Å². The van der Waals surface area contributed by atoms with Crippen LogP contribution in [-0.2, 0) is 0 Å². The van der Waals surface area contributed by atoms with Gasteiger partial charge in [-0.15, -0.1) is 0 Å². The highest BCUT2D eigenvalue weighted by Gasteiger charge is 2.10. The Bertz CT molecular complexity index is 613. The molecular weight excluding hydrogens is 286 g/mol. The van der Waals surface area contributed by atoms with Gasteiger partial charge in [-0.1, -0.05) is 0 Å². The first-order chi connectivity index (χ1) is 9.96. The standard InChI is InChI=1S/C14H19N5OS/c1-8(2)20-13-17-12(15-5)18-14(19-13)21-11-7-9(3)6-10(4)16-11/h6-8H,1-5H3,(H,15,17,18,19). The fourth-order valence-corrected chi connectivity index (χ4v) is 2.59. The van der Waals surface area contributed by atoms with Gasteiger partial charge in [0.25, 0.3) is 0 Å². The third kappa shape index (κ3) is 4.56. The Balaban J connectivity index is 2.29. The quantitative estimate of drug-likeness (QED) is 0.910. The van der Waals surface area contributed by atoms with Crippen molar-refractivity contribution in [2.75, 3.05) is 12.4 Å². The summed E-state index contributed by atoms with van der Waals surface area (Å²) in [5, 5.41) is 4.33. The minimum absolute atomic E-state index is 0.00861. The van der Waals surface area contributed by atoms with Gasteiger partial charge in [-0.05, 0) is 57.2 Å². The molecule has 0 aliphatic rings. The summed E-state index contributed by atoms with van der Waals surface area (Å²) in [4.78, 5) is 17.3. The average molecular weight is 305 g/mol. The summed E-state index contributed by atoms with van der Waals surface area (Å²) in [6.07, 6.45) is 0.00861. The van der Waals surface area contributed by atoms with Crippen molar-refractivity contribution in [1.82, 2.24) is 19.9 Å². The summed E-state index contributed by atoms with van der Waals surface area (Å²) in [7, 11) is 1.76. The summed E-state index contributed by atoms with van der Waals surface area (Å²) in [6.45, 7) is 7.87. The predicted molar refractivity (Wildman–Crippen MR) is 83.0 cm³/mol. The average Bonchev–Trinajstić information content (AvgIpc) is 2.36. The maximum atomic E-state index is 5.55. The lowest BCUT2D eigenvalue weighted by atomic mass is 10.3. The third-order valence-corrected chi connectivity index (χ3v) is 3.21. The third-order valence-electron chi connectivity index (χ3n) is 2.43. The summed E-state index contributed by atoms with van der Waals surface area (Å²) in [5.74, 6) is 0.479. The number of aryl methyl sites for hydroxylation is 2. The maximum absolute atomic E-state index is 5.55. The topological polar surface area (TPSA) is 72.8 Å². The highest BCUT2D eigenvalue weighted by atomic mass is 32.2. The predicted octanol–water partition coefficient (Wildman–Crippen LogP) is 2.86. The van der Waals surface area contributed by atoms with Gasteiger partial charge in [0.1, 0.15) is 5.03 Å². The molecule has 6 nitrogen and oxygen atoms in total. The van der Waals surface area contributed by atoms with Crippen molar-refractivity contribution in [3.05, 3.63) is 23.4 Å². The molecule has 0 amide bonds. The van der Waals surface area contributed by atoms with Crippen molar-refractivity contribution in [3.63, 3.8) is 0 Å². The van der Waals surface area contributed by atoms with Crippen LogP contribution in [0.2, 0.25) is 0 Å². The molecule has 7 heteroatoms. The van der Waals surface area contributed by atoms with Crippen molar-refractivity contribution in [2.45, 2.75) is 44.0 Å². The van der Waals surface area contributed by atoms with Gasteiger partial charge < -0.3 is 10.1 Å². The van der Waals surface area contributed by atoms with E-state index in [1.165, 1.54) is 11.8 Å². The first-order valence-electron chi connectivity index (χ1n) is 6.70. The van der Waals surface area contributed by atoms with Gasteiger partial charge in [0.2, 0.25) is 11.1 Å². The number of pyridine rings is 1. The van der Waals surface area contributed by atoms with Crippen LogP contribution < -0.4 is 10.1 Å². The van der Waals surface area contributed by atoms with Crippen LogP contribution >= 0.6 is 11.8 Å². The summed E-state index contributed by atoms with van der Waals surface area (Å²) >= 11 is 1.39. The zero-order chi connectivity index (χ0) is 15.4. The number of hydrogen-bond acceptors (Lipinski definition) is 7. The molecule has 1 N–H and O–H groups in total. The second-order valence-electron chi connectivity index (χ2n) is 4.87. The van der Waals surface area contributed by atoms with Gasteiger partial charge in [-0.25, -0.2) is 4.98 Å². The lowest BCUT2D eigenvalue weighted by Gasteiger charge is -2.10. The Kier molecular flexibility index (Phi) is 4.95. The molecule has 21 heavy (non-hydrogen) atoms.